The number of halogens is 1. The molecule has 0 aliphatic carbocycles. The average Bonchev–Trinajstić information content (AvgIpc) is 2.51. The summed E-state index contributed by atoms with van der Waals surface area (Å²) in [5.74, 6) is 0.0673. The fourth-order valence-corrected chi connectivity index (χ4v) is 2.34. The van der Waals surface area contributed by atoms with E-state index >= 15 is 0 Å². The lowest BCUT2D eigenvalue weighted by Crippen LogP contribution is -2.29. The number of nitrogens with one attached hydrogen (secondary N) is 1. The highest BCUT2D eigenvalue weighted by atomic mass is 35.5. The summed E-state index contributed by atoms with van der Waals surface area (Å²) in [5, 5.41) is 14.5. The van der Waals surface area contributed by atoms with Crippen molar-refractivity contribution in [2.45, 2.75) is 32.8 Å². The molecule has 0 atom stereocenters. The molecule has 25 heavy (non-hydrogen) atoms. The van der Waals surface area contributed by atoms with Gasteiger partial charge in [-0.15, -0.1) is 0 Å². The first-order valence-corrected chi connectivity index (χ1v) is 8.20. The van der Waals surface area contributed by atoms with Crippen LogP contribution in [0.2, 0.25) is 5.02 Å². The largest absolute Gasteiger partial charge is 0.507 e. The molecule has 0 aromatic heterocycles. The second-order valence-electron chi connectivity index (χ2n) is 6.53. The van der Waals surface area contributed by atoms with Crippen molar-refractivity contribution in [3.05, 3.63) is 64.2 Å². The molecule has 0 bridgehead atoms. The minimum atomic E-state index is -0.657. The zero-order chi connectivity index (χ0) is 18.4. The standard InChI is InChI=1S/C19H21ClN2O3/c1-19(2,3)25-18(24)22-21-12-15-11-13(8-9-17(15)23)10-14-6-4-5-7-16(14)20/h4-9,11-12,23H,10H2,1-3H3,(H,22,24)/b21-12+. The molecule has 0 aliphatic rings. The number of aromatic hydroxyl groups is 1. The van der Waals surface area contributed by atoms with Gasteiger partial charge in [0.2, 0.25) is 0 Å². The number of rotatable bonds is 4. The summed E-state index contributed by atoms with van der Waals surface area (Å²) in [6.07, 6.45) is 1.34. The van der Waals surface area contributed by atoms with Crippen molar-refractivity contribution < 1.29 is 14.6 Å². The Morgan fingerprint density at radius 2 is 2.00 bits per heavy atom. The van der Waals surface area contributed by atoms with Crippen molar-refractivity contribution in [2.75, 3.05) is 0 Å². The molecule has 1 amide bonds. The summed E-state index contributed by atoms with van der Waals surface area (Å²) in [4.78, 5) is 11.6. The molecule has 0 saturated carbocycles. The van der Waals surface area contributed by atoms with E-state index in [0.717, 1.165) is 11.1 Å². The summed E-state index contributed by atoms with van der Waals surface area (Å²) >= 11 is 6.18. The Balaban J connectivity index is 2.07. The number of hydrazone groups is 1. The van der Waals surface area contributed by atoms with Gasteiger partial charge in [-0.1, -0.05) is 35.9 Å². The maximum absolute atomic E-state index is 11.6. The predicted molar refractivity (Wildman–Crippen MR) is 99.3 cm³/mol. The predicted octanol–water partition coefficient (Wildman–Crippen LogP) is 4.50. The Labute approximate surface area is 152 Å². The van der Waals surface area contributed by atoms with Crippen molar-refractivity contribution in [2.24, 2.45) is 5.10 Å². The molecule has 0 heterocycles. The maximum atomic E-state index is 11.6. The van der Waals surface area contributed by atoms with Crippen LogP contribution in [0.1, 0.15) is 37.5 Å². The third-order valence-corrected chi connectivity index (χ3v) is 3.57. The lowest BCUT2D eigenvalue weighted by Gasteiger charge is -2.18. The van der Waals surface area contributed by atoms with Crippen molar-refractivity contribution in [3.8, 4) is 5.75 Å². The van der Waals surface area contributed by atoms with Crippen molar-refractivity contribution in [1.29, 1.82) is 0 Å². The van der Waals surface area contributed by atoms with Gasteiger partial charge in [-0.25, -0.2) is 10.2 Å². The smallest absolute Gasteiger partial charge is 0.428 e. The first kappa shape index (κ1) is 18.8. The highest BCUT2D eigenvalue weighted by Crippen LogP contribution is 2.22. The number of carbonyl (C=O) groups excluding carboxylic acids is 1. The van der Waals surface area contributed by atoms with Gasteiger partial charge in [0.05, 0.1) is 6.21 Å². The van der Waals surface area contributed by atoms with Crippen LogP contribution in [-0.2, 0) is 11.2 Å². The van der Waals surface area contributed by atoms with Gasteiger partial charge in [0.15, 0.2) is 0 Å². The molecule has 0 radical (unpaired) electrons. The van der Waals surface area contributed by atoms with Crippen LogP contribution in [0.25, 0.3) is 0 Å². The number of hydrogen-bond donors (Lipinski definition) is 2. The Morgan fingerprint density at radius 3 is 2.68 bits per heavy atom. The molecular weight excluding hydrogens is 340 g/mol. The number of amides is 1. The topological polar surface area (TPSA) is 70.9 Å². The van der Waals surface area contributed by atoms with E-state index in [2.05, 4.69) is 10.5 Å². The molecule has 2 rings (SSSR count). The summed E-state index contributed by atoms with van der Waals surface area (Å²) in [7, 11) is 0. The van der Waals surface area contributed by atoms with Crippen LogP contribution in [-0.4, -0.2) is 23.0 Å². The zero-order valence-electron chi connectivity index (χ0n) is 14.4. The molecule has 0 saturated heterocycles. The molecule has 0 spiro atoms. The van der Waals surface area contributed by atoms with Gasteiger partial charge >= 0.3 is 6.09 Å². The normalized spacial score (nSPS) is 11.5. The highest BCUT2D eigenvalue weighted by molar-refractivity contribution is 6.31. The van der Waals surface area contributed by atoms with Crippen LogP contribution in [0.5, 0.6) is 5.75 Å². The van der Waals surface area contributed by atoms with E-state index in [4.69, 9.17) is 16.3 Å². The van der Waals surface area contributed by atoms with Crippen LogP contribution in [0.3, 0.4) is 0 Å². The first-order chi connectivity index (χ1) is 11.7. The van der Waals surface area contributed by atoms with E-state index in [9.17, 15) is 9.90 Å². The molecular formula is C19H21ClN2O3. The summed E-state index contributed by atoms with van der Waals surface area (Å²) in [6.45, 7) is 5.29. The highest BCUT2D eigenvalue weighted by Gasteiger charge is 2.15. The zero-order valence-corrected chi connectivity index (χ0v) is 15.2. The van der Waals surface area contributed by atoms with E-state index in [1.807, 2.05) is 30.3 Å². The number of nitrogens with zero attached hydrogens (tertiary/aromatic N) is 1. The van der Waals surface area contributed by atoms with Gasteiger partial charge in [0.25, 0.3) is 0 Å². The monoisotopic (exact) mass is 360 g/mol. The second kappa shape index (κ2) is 8.03. The number of ether oxygens (including phenoxy) is 1. The van der Waals surface area contributed by atoms with Crippen molar-refractivity contribution >= 4 is 23.9 Å². The third-order valence-electron chi connectivity index (χ3n) is 3.20. The Kier molecular flexibility index (Phi) is 6.04. The Morgan fingerprint density at radius 1 is 1.28 bits per heavy atom. The number of phenols is 1. The van der Waals surface area contributed by atoms with Gasteiger partial charge in [-0.3, -0.25) is 0 Å². The van der Waals surface area contributed by atoms with Crippen LogP contribution < -0.4 is 5.43 Å². The van der Waals surface area contributed by atoms with Crippen LogP contribution in [0, 0.1) is 0 Å². The van der Waals surface area contributed by atoms with E-state index < -0.39 is 11.7 Å². The summed E-state index contributed by atoms with van der Waals surface area (Å²) < 4.78 is 5.08. The quantitative estimate of drug-likeness (QED) is 0.623. The molecule has 0 aliphatic heterocycles. The van der Waals surface area contributed by atoms with E-state index in [1.54, 1.807) is 32.9 Å². The van der Waals surface area contributed by atoms with E-state index in [0.29, 0.717) is 17.0 Å². The molecule has 2 N–H and O–H groups in total. The summed E-state index contributed by atoms with van der Waals surface area (Å²) in [6, 6.07) is 12.8. The molecule has 6 heteroatoms. The minimum Gasteiger partial charge on any atom is -0.507 e. The number of carbonyl (C=O) groups is 1. The van der Waals surface area contributed by atoms with Crippen LogP contribution in [0.15, 0.2) is 47.6 Å². The molecule has 5 nitrogen and oxygen atoms in total. The van der Waals surface area contributed by atoms with Crippen molar-refractivity contribution in [1.82, 2.24) is 5.43 Å². The maximum Gasteiger partial charge on any atom is 0.428 e. The van der Waals surface area contributed by atoms with Gasteiger partial charge in [-0.05, 0) is 56.5 Å². The van der Waals surface area contributed by atoms with Gasteiger partial charge in [0, 0.05) is 10.6 Å². The van der Waals surface area contributed by atoms with Gasteiger partial charge in [-0.2, -0.15) is 5.10 Å². The van der Waals surface area contributed by atoms with E-state index in [1.165, 1.54) is 6.21 Å². The number of hydrogen-bond acceptors (Lipinski definition) is 4. The number of benzene rings is 2. The molecule has 132 valence electrons. The number of phenolic OH excluding ortho intramolecular Hbond substituents is 1. The van der Waals surface area contributed by atoms with Gasteiger partial charge in [0.1, 0.15) is 11.4 Å². The first-order valence-electron chi connectivity index (χ1n) is 7.82. The van der Waals surface area contributed by atoms with Crippen molar-refractivity contribution in [3.63, 3.8) is 0 Å². The average molecular weight is 361 g/mol. The summed E-state index contributed by atoms with van der Waals surface area (Å²) in [5.41, 5.74) is 4.11. The SMILES string of the molecule is CC(C)(C)OC(=O)N/N=C/c1cc(Cc2ccccc2Cl)ccc1O. The van der Waals surface area contributed by atoms with Gasteiger partial charge < -0.3 is 9.84 Å². The van der Waals surface area contributed by atoms with Crippen LogP contribution >= 0.6 is 11.6 Å². The fourth-order valence-electron chi connectivity index (χ4n) is 2.13. The molecule has 0 fully saturated rings. The Bertz CT molecular complexity index is 782. The van der Waals surface area contributed by atoms with Crippen LogP contribution in [0.4, 0.5) is 4.79 Å². The fraction of sp³-hybridized carbons (Fsp3) is 0.263. The lowest BCUT2D eigenvalue weighted by molar-refractivity contribution is 0.0529. The molecule has 2 aromatic carbocycles. The molecule has 0 unspecified atom stereocenters. The van der Waals surface area contributed by atoms with E-state index in [-0.39, 0.29) is 5.75 Å². The second-order valence-corrected chi connectivity index (χ2v) is 6.94. The third kappa shape index (κ3) is 6.12. The minimum absolute atomic E-state index is 0.0673. The lowest BCUT2D eigenvalue weighted by atomic mass is 10.0. The Hall–Kier alpha value is -2.53. The molecule has 2 aromatic rings.